The average Bonchev–Trinajstić information content (AvgIpc) is 1.86. The zero-order chi connectivity index (χ0) is 8.85. The van der Waals surface area contributed by atoms with Gasteiger partial charge in [0.15, 0.2) is 0 Å². The first-order chi connectivity index (χ1) is 5.07. The van der Waals surface area contributed by atoms with Crippen LogP contribution < -0.4 is 0 Å². The number of hydrogen-bond acceptors (Lipinski definition) is 2. The van der Waals surface area contributed by atoms with Crippen LogP contribution in [0.25, 0.3) is 0 Å². The number of carbonyl (C=O) groups is 2. The van der Waals surface area contributed by atoms with Crippen LogP contribution in [0.1, 0.15) is 12.8 Å². The molecule has 0 spiro atoms. The normalized spacial score (nSPS) is 12.1. The zero-order valence-corrected chi connectivity index (χ0v) is 6.67. The minimum Gasteiger partial charge on any atom is -0.481 e. The average molecular weight is 177 g/mol. The summed E-state index contributed by atoms with van der Waals surface area (Å²) in [5, 5.41) is 8.76. The second-order valence-corrected chi connectivity index (χ2v) is 2.69. The summed E-state index contributed by atoms with van der Waals surface area (Å²) in [6.07, 6.45) is 0.704. The second-order valence-electron chi connectivity index (χ2n) is 2.16. The van der Waals surface area contributed by atoms with Crippen LogP contribution in [-0.2, 0) is 9.59 Å². The number of aliphatic carboxylic acids is 1. The molecule has 0 rings (SSSR count). The van der Waals surface area contributed by atoms with Crippen molar-refractivity contribution in [2.45, 2.75) is 12.8 Å². The van der Waals surface area contributed by atoms with Crippen molar-refractivity contribution in [2.75, 3.05) is 0 Å². The molecule has 62 valence electrons. The van der Waals surface area contributed by atoms with Gasteiger partial charge in [-0.2, -0.15) is 0 Å². The van der Waals surface area contributed by atoms with E-state index in [1.807, 2.05) is 0 Å². The molecule has 0 aliphatic carbocycles. The van der Waals surface area contributed by atoms with Gasteiger partial charge in [-0.15, -0.1) is 0 Å². The van der Waals surface area contributed by atoms with Crippen LogP contribution in [0.3, 0.4) is 0 Å². The van der Waals surface area contributed by atoms with Gasteiger partial charge < -0.3 is 9.90 Å². The monoisotopic (exact) mass is 176 g/mol. The fourth-order valence-corrected chi connectivity index (χ4v) is 0.841. The molecule has 0 fully saturated rings. The van der Waals surface area contributed by atoms with Crippen molar-refractivity contribution in [3.63, 3.8) is 0 Å². The number of allylic oxidation sites excluding steroid dienone is 1. The largest absolute Gasteiger partial charge is 0.481 e. The Morgan fingerprint density at radius 2 is 2.27 bits per heavy atom. The Labute approximate surface area is 69.7 Å². The summed E-state index contributed by atoms with van der Waals surface area (Å²) >= 11 is 5.38. The van der Waals surface area contributed by atoms with Gasteiger partial charge in [0, 0.05) is 11.5 Å². The topological polar surface area (TPSA) is 54.4 Å². The SMILES string of the molecule is C=C(Cl)C[C@H](CC=O)C(=O)O. The van der Waals surface area contributed by atoms with E-state index in [2.05, 4.69) is 6.58 Å². The molecule has 0 saturated carbocycles. The molecule has 0 amide bonds. The van der Waals surface area contributed by atoms with Crippen molar-refractivity contribution in [2.24, 2.45) is 5.92 Å². The smallest absolute Gasteiger partial charge is 0.307 e. The van der Waals surface area contributed by atoms with E-state index in [9.17, 15) is 9.59 Å². The van der Waals surface area contributed by atoms with E-state index in [4.69, 9.17) is 16.7 Å². The first kappa shape index (κ1) is 10.2. The first-order valence-electron chi connectivity index (χ1n) is 3.07. The molecule has 0 saturated heterocycles. The highest BCUT2D eigenvalue weighted by molar-refractivity contribution is 6.29. The standard InChI is InChI=1S/C7H9ClO3/c1-5(8)4-6(2-3-9)7(10)11/h3,6H,1-2,4H2,(H,10,11)/t6-/m0/s1. The lowest BCUT2D eigenvalue weighted by molar-refractivity contribution is -0.142. The Bertz CT molecular complexity index is 177. The van der Waals surface area contributed by atoms with Gasteiger partial charge in [0.1, 0.15) is 6.29 Å². The number of halogens is 1. The summed E-state index contributed by atoms with van der Waals surface area (Å²) in [7, 11) is 0. The minimum atomic E-state index is -1.01. The van der Waals surface area contributed by atoms with E-state index in [1.165, 1.54) is 0 Å². The highest BCUT2D eigenvalue weighted by atomic mass is 35.5. The predicted molar refractivity (Wildman–Crippen MR) is 41.4 cm³/mol. The predicted octanol–water partition coefficient (Wildman–Crippen LogP) is 1.42. The lowest BCUT2D eigenvalue weighted by Gasteiger charge is -2.05. The molecule has 0 bridgehead atoms. The molecule has 1 N–H and O–H groups in total. The van der Waals surface area contributed by atoms with Crippen molar-refractivity contribution >= 4 is 23.9 Å². The molecule has 0 aromatic heterocycles. The number of carbonyl (C=O) groups excluding carboxylic acids is 1. The van der Waals surface area contributed by atoms with E-state index in [0.717, 1.165) is 0 Å². The maximum absolute atomic E-state index is 10.4. The molecule has 0 radical (unpaired) electrons. The van der Waals surface area contributed by atoms with Gasteiger partial charge in [-0.3, -0.25) is 4.79 Å². The van der Waals surface area contributed by atoms with Gasteiger partial charge >= 0.3 is 5.97 Å². The number of rotatable bonds is 5. The van der Waals surface area contributed by atoms with E-state index < -0.39 is 11.9 Å². The van der Waals surface area contributed by atoms with Gasteiger partial charge in [0.2, 0.25) is 0 Å². The minimum absolute atomic E-state index is 0.0128. The van der Waals surface area contributed by atoms with Crippen LogP contribution in [0.2, 0.25) is 0 Å². The lowest BCUT2D eigenvalue weighted by atomic mass is 10.0. The van der Waals surface area contributed by atoms with E-state index >= 15 is 0 Å². The van der Waals surface area contributed by atoms with Gasteiger partial charge in [0.25, 0.3) is 0 Å². The van der Waals surface area contributed by atoms with Crippen LogP contribution in [0, 0.1) is 5.92 Å². The van der Waals surface area contributed by atoms with Crippen molar-refractivity contribution in [1.82, 2.24) is 0 Å². The number of aldehydes is 1. The van der Waals surface area contributed by atoms with Crippen LogP contribution in [0.15, 0.2) is 11.6 Å². The van der Waals surface area contributed by atoms with E-state index in [1.54, 1.807) is 0 Å². The molecule has 0 aromatic rings. The summed E-state index contributed by atoms with van der Waals surface area (Å²) in [6.45, 7) is 3.35. The summed E-state index contributed by atoms with van der Waals surface area (Å²) in [4.78, 5) is 20.3. The molecule has 0 aromatic carbocycles. The summed E-state index contributed by atoms with van der Waals surface area (Å²) in [6, 6.07) is 0. The molecular formula is C7H9ClO3. The lowest BCUT2D eigenvalue weighted by Crippen LogP contribution is -2.13. The van der Waals surface area contributed by atoms with Gasteiger partial charge in [-0.05, 0) is 6.42 Å². The van der Waals surface area contributed by atoms with Crippen LogP contribution >= 0.6 is 11.6 Å². The van der Waals surface area contributed by atoms with E-state index in [0.29, 0.717) is 6.29 Å². The van der Waals surface area contributed by atoms with Crippen LogP contribution in [0.5, 0.6) is 0 Å². The molecule has 1 atom stereocenters. The second kappa shape index (κ2) is 4.91. The molecule has 4 heteroatoms. The molecule has 0 aliphatic heterocycles. The first-order valence-corrected chi connectivity index (χ1v) is 3.45. The fraction of sp³-hybridized carbons (Fsp3) is 0.429. The third kappa shape index (κ3) is 4.56. The number of carboxylic acid groups (broad SMARTS) is 1. The maximum atomic E-state index is 10.4. The highest BCUT2D eigenvalue weighted by Crippen LogP contribution is 2.15. The quantitative estimate of drug-likeness (QED) is 0.645. The van der Waals surface area contributed by atoms with Crippen LogP contribution in [-0.4, -0.2) is 17.4 Å². The van der Waals surface area contributed by atoms with Gasteiger partial charge in [-0.1, -0.05) is 18.2 Å². The molecule has 11 heavy (non-hydrogen) atoms. The van der Waals surface area contributed by atoms with Crippen molar-refractivity contribution in [1.29, 1.82) is 0 Å². The van der Waals surface area contributed by atoms with Crippen molar-refractivity contribution < 1.29 is 14.7 Å². The maximum Gasteiger partial charge on any atom is 0.307 e. The molecular weight excluding hydrogens is 168 g/mol. The summed E-state index contributed by atoms with van der Waals surface area (Å²) in [5.41, 5.74) is 0. The highest BCUT2D eigenvalue weighted by Gasteiger charge is 2.16. The van der Waals surface area contributed by atoms with Crippen molar-refractivity contribution in [3.8, 4) is 0 Å². The Morgan fingerprint density at radius 1 is 1.73 bits per heavy atom. The molecule has 0 unspecified atom stereocenters. The molecule has 0 heterocycles. The number of carboxylic acids is 1. The third-order valence-corrected chi connectivity index (χ3v) is 1.35. The van der Waals surface area contributed by atoms with Crippen molar-refractivity contribution in [3.05, 3.63) is 11.6 Å². The van der Waals surface area contributed by atoms with E-state index in [-0.39, 0.29) is 17.9 Å². The fourth-order valence-electron chi connectivity index (χ4n) is 0.655. The summed E-state index contributed by atoms with van der Waals surface area (Å²) < 4.78 is 0. The Balaban J connectivity index is 3.99. The number of hydrogen-bond donors (Lipinski definition) is 1. The Morgan fingerprint density at radius 3 is 2.55 bits per heavy atom. The summed E-state index contributed by atoms with van der Waals surface area (Å²) in [5.74, 6) is -1.74. The third-order valence-electron chi connectivity index (χ3n) is 1.20. The Kier molecular flexibility index (Phi) is 4.54. The van der Waals surface area contributed by atoms with Gasteiger partial charge in [0.05, 0.1) is 5.92 Å². The molecule has 3 nitrogen and oxygen atoms in total. The van der Waals surface area contributed by atoms with Gasteiger partial charge in [-0.25, -0.2) is 0 Å². The Hall–Kier alpha value is -0.830. The molecule has 0 aliphatic rings. The zero-order valence-electron chi connectivity index (χ0n) is 5.92. The van der Waals surface area contributed by atoms with Crippen LogP contribution in [0.4, 0.5) is 0 Å².